The molecule has 1 aromatic rings. The van der Waals surface area contributed by atoms with Crippen LogP contribution in [0.5, 0.6) is 11.5 Å². The molecule has 0 saturated heterocycles. The first-order valence-electron chi connectivity index (χ1n) is 6.94. The second kappa shape index (κ2) is 10.2. The highest BCUT2D eigenvalue weighted by Crippen LogP contribution is 2.21. The van der Waals surface area contributed by atoms with Gasteiger partial charge in [-0.05, 0) is 18.6 Å². The highest BCUT2D eigenvalue weighted by atomic mass is 16.5. The highest BCUT2D eigenvalue weighted by Gasteiger charge is 2.03. The van der Waals surface area contributed by atoms with Gasteiger partial charge in [0.25, 0.3) is 0 Å². The van der Waals surface area contributed by atoms with Crippen LogP contribution in [0, 0.1) is 5.41 Å². The minimum absolute atomic E-state index is 0.0706. The van der Waals surface area contributed by atoms with Crippen molar-refractivity contribution >= 4 is 5.84 Å². The molecule has 4 heteroatoms. The topological polar surface area (TPSA) is 79.3 Å². The molecule has 0 radical (unpaired) electrons. The Morgan fingerprint density at radius 3 is 2.47 bits per heavy atom. The molecule has 0 spiro atoms. The number of hydrogen-bond donors (Lipinski definition) is 3. The lowest BCUT2D eigenvalue weighted by Gasteiger charge is -2.08. The second-order valence-corrected chi connectivity index (χ2v) is 4.04. The maximum Gasteiger partial charge on any atom is 0.123 e. The minimum atomic E-state index is -0.0725. The molecule has 0 atom stereocenters. The average molecular weight is 266 g/mol. The maximum absolute atomic E-state index is 9.45. The molecule has 0 fully saturated rings. The Morgan fingerprint density at radius 2 is 1.89 bits per heavy atom. The fraction of sp³-hybridized carbons (Fsp3) is 0.533. The van der Waals surface area contributed by atoms with Crippen molar-refractivity contribution in [1.29, 1.82) is 5.41 Å². The number of nitrogen functional groups attached to an aromatic ring is 1. The van der Waals surface area contributed by atoms with E-state index in [9.17, 15) is 5.11 Å². The van der Waals surface area contributed by atoms with Gasteiger partial charge in [-0.1, -0.05) is 40.0 Å². The number of amidine groups is 1. The van der Waals surface area contributed by atoms with Crippen LogP contribution in [0.4, 0.5) is 0 Å². The van der Waals surface area contributed by atoms with E-state index in [1.165, 1.54) is 25.0 Å². The van der Waals surface area contributed by atoms with E-state index in [4.69, 9.17) is 15.9 Å². The Kier molecular flexibility index (Phi) is 9.31. The highest BCUT2D eigenvalue weighted by molar-refractivity contribution is 5.95. The van der Waals surface area contributed by atoms with Gasteiger partial charge in [0.15, 0.2) is 0 Å². The lowest BCUT2D eigenvalue weighted by molar-refractivity contribution is 0.303. The zero-order valence-corrected chi connectivity index (χ0v) is 12.2. The predicted molar refractivity (Wildman–Crippen MR) is 80.1 cm³/mol. The maximum atomic E-state index is 9.45. The Labute approximate surface area is 116 Å². The minimum Gasteiger partial charge on any atom is -0.508 e. The summed E-state index contributed by atoms with van der Waals surface area (Å²) in [6.07, 6.45) is 4.55. The summed E-state index contributed by atoms with van der Waals surface area (Å²) in [5.74, 6) is 0.560. The van der Waals surface area contributed by atoms with Crippen molar-refractivity contribution in [3.05, 3.63) is 23.8 Å². The monoisotopic (exact) mass is 266 g/mol. The van der Waals surface area contributed by atoms with E-state index in [2.05, 4.69) is 6.92 Å². The number of nitrogens with two attached hydrogens (primary N) is 1. The first-order valence-corrected chi connectivity index (χ1v) is 6.94. The zero-order valence-electron chi connectivity index (χ0n) is 12.2. The van der Waals surface area contributed by atoms with Gasteiger partial charge in [0, 0.05) is 11.6 Å². The van der Waals surface area contributed by atoms with Crippen LogP contribution in [0.1, 0.15) is 52.0 Å². The van der Waals surface area contributed by atoms with Crippen LogP contribution in [-0.2, 0) is 0 Å². The van der Waals surface area contributed by atoms with Crippen molar-refractivity contribution in [3.63, 3.8) is 0 Å². The van der Waals surface area contributed by atoms with Crippen LogP contribution >= 0.6 is 0 Å². The van der Waals surface area contributed by atoms with Crippen LogP contribution in [0.15, 0.2) is 18.2 Å². The van der Waals surface area contributed by atoms with E-state index in [-0.39, 0.29) is 11.6 Å². The SMILES string of the molecule is CC.CCCCCCOc1cc(O)cc(C(=N)N)c1. The number of benzene rings is 1. The van der Waals surface area contributed by atoms with Crippen LogP contribution < -0.4 is 10.5 Å². The second-order valence-electron chi connectivity index (χ2n) is 4.04. The van der Waals surface area contributed by atoms with Gasteiger partial charge in [0.1, 0.15) is 17.3 Å². The molecular formula is C15H26N2O2. The number of phenols is 1. The van der Waals surface area contributed by atoms with E-state index < -0.39 is 0 Å². The molecule has 4 nitrogen and oxygen atoms in total. The Bertz CT molecular complexity index is 378. The number of nitrogens with one attached hydrogen (secondary N) is 1. The smallest absolute Gasteiger partial charge is 0.123 e. The largest absolute Gasteiger partial charge is 0.508 e. The molecule has 0 aromatic heterocycles. The van der Waals surface area contributed by atoms with Gasteiger partial charge in [0.2, 0.25) is 0 Å². The van der Waals surface area contributed by atoms with E-state index in [1.54, 1.807) is 6.07 Å². The number of ether oxygens (including phenoxy) is 1. The molecule has 1 rings (SSSR count). The molecule has 108 valence electrons. The van der Waals surface area contributed by atoms with Crippen LogP contribution in [0.25, 0.3) is 0 Å². The molecule has 1 aromatic carbocycles. The van der Waals surface area contributed by atoms with Crippen molar-refractivity contribution in [2.75, 3.05) is 6.61 Å². The molecule has 0 aliphatic heterocycles. The Hall–Kier alpha value is -1.71. The van der Waals surface area contributed by atoms with Crippen LogP contribution in [0.3, 0.4) is 0 Å². The van der Waals surface area contributed by atoms with Gasteiger partial charge < -0.3 is 15.6 Å². The van der Waals surface area contributed by atoms with E-state index in [1.807, 2.05) is 13.8 Å². The molecule has 0 heterocycles. The first kappa shape index (κ1) is 17.3. The summed E-state index contributed by atoms with van der Waals surface area (Å²) in [7, 11) is 0. The summed E-state index contributed by atoms with van der Waals surface area (Å²) >= 11 is 0. The van der Waals surface area contributed by atoms with Crippen LogP contribution in [-0.4, -0.2) is 17.5 Å². The molecular weight excluding hydrogens is 240 g/mol. The van der Waals surface area contributed by atoms with Gasteiger partial charge in [0.05, 0.1) is 6.61 Å². The summed E-state index contributed by atoms with van der Waals surface area (Å²) in [5, 5.41) is 16.8. The number of rotatable bonds is 7. The summed E-state index contributed by atoms with van der Waals surface area (Å²) in [4.78, 5) is 0. The number of hydrogen-bond acceptors (Lipinski definition) is 3. The molecule has 4 N–H and O–H groups in total. The van der Waals surface area contributed by atoms with Gasteiger partial charge in [-0.25, -0.2) is 0 Å². The molecule has 0 unspecified atom stereocenters. The third-order valence-electron chi connectivity index (χ3n) is 2.47. The van der Waals surface area contributed by atoms with E-state index in [0.717, 1.165) is 12.8 Å². The van der Waals surface area contributed by atoms with Gasteiger partial charge in [-0.15, -0.1) is 0 Å². The van der Waals surface area contributed by atoms with E-state index >= 15 is 0 Å². The zero-order chi connectivity index (χ0) is 14.7. The lowest BCUT2D eigenvalue weighted by atomic mass is 10.2. The summed E-state index contributed by atoms with van der Waals surface area (Å²) in [6, 6.07) is 4.65. The van der Waals surface area contributed by atoms with Crippen molar-refractivity contribution in [2.45, 2.75) is 46.5 Å². The number of aromatic hydroxyl groups is 1. The molecule has 0 aliphatic rings. The third kappa shape index (κ3) is 7.34. The molecule has 0 amide bonds. The van der Waals surface area contributed by atoms with Crippen molar-refractivity contribution in [1.82, 2.24) is 0 Å². The van der Waals surface area contributed by atoms with Crippen molar-refractivity contribution in [2.24, 2.45) is 5.73 Å². The van der Waals surface area contributed by atoms with Gasteiger partial charge >= 0.3 is 0 Å². The lowest BCUT2D eigenvalue weighted by Crippen LogP contribution is -2.11. The number of phenolic OH excluding ortho intramolecular Hbond substituents is 1. The molecule has 0 saturated carbocycles. The summed E-state index contributed by atoms with van der Waals surface area (Å²) in [6.45, 7) is 6.79. The first-order chi connectivity index (χ1) is 9.13. The predicted octanol–water partition coefficient (Wildman–Crippen LogP) is 3.66. The quantitative estimate of drug-likeness (QED) is 0.400. The fourth-order valence-electron chi connectivity index (χ4n) is 1.54. The third-order valence-corrected chi connectivity index (χ3v) is 2.47. The Balaban J connectivity index is 0.00000154. The fourth-order valence-corrected chi connectivity index (χ4v) is 1.54. The van der Waals surface area contributed by atoms with E-state index in [0.29, 0.717) is 17.9 Å². The summed E-state index contributed by atoms with van der Waals surface area (Å²) < 4.78 is 5.51. The normalized spacial score (nSPS) is 9.42. The van der Waals surface area contributed by atoms with Gasteiger partial charge in [-0.3, -0.25) is 5.41 Å². The van der Waals surface area contributed by atoms with Gasteiger partial charge in [-0.2, -0.15) is 0 Å². The van der Waals surface area contributed by atoms with Crippen molar-refractivity contribution < 1.29 is 9.84 Å². The molecule has 0 bridgehead atoms. The number of unbranched alkanes of at least 4 members (excludes halogenated alkanes) is 3. The molecule has 0 aliphatic carbocycles. The Morgan fingerprint density at radius 1 is 1.21 bits per heavy atom. The van der Waals surface area contributed by atoms with Crippen LogP contribution in [0.2, 0.25) is 0 Å². The average Bonchev–Trinajstić information content (AvgIpc) is 2.40. The molecule has 19 heavy (non-hydrogen) atoms. The summed E-state index contributed by atoms with van der Waals surface area (Å²) in [5.41, 5.74) is 5.84. The standard InChI is InChI=1S/C13H20N2O2.C2H6/c1-2-3-4-5-6-17-12-8-10(13(14)15)7-11(16)9-12;1-2/h7-9,16H,2-6H2,1H3,(H3,14,15);1-2H3. The van der Waals surface area contributed by atoms with Crippen molar-refractivity contribution in [3.8, 4) is 11.5 Å².